The molecule has 0 spiro atoms. The Labute approximate surface area is 83.3 Å². The van der Waals surface area contributed by atoms with Crippen LogP contribution in [0.4, 0.5) is 0 Å². The first-order valence-corrected chi connectivity index (χ1v) is 4.38. The Morgan fingerprint density at radius 3 is 2.79 bits per heavy atom. The van der Waals surface area contributed by atoms with Gasteiger partial charge in [0.1, 0.15) is 5.69 Å². The maximum Gasteiger partial charge on any atom is 0.293 e. The van der Waals surface area contributed by atoms with Crippen molar-refractivity contribution in [3.63, 3.8) is 0 Å². The summed E-state index contributed by atoms with van der Waals surface area (Å²) in [6, 6.07) is 5.55. The molecule has 1 aromatic heterocycles. The molecule has 0 radical (unpaired) electrons. The minimum atomic E-state index is -0.637. The van der Waals surface area contributed by atoms with Crippen LogP contribution in [-0.4, -0.2) is 10.9 Å². The van der Waals surface area contributed by atoms with Crippen molar-refractivity contribution in [3.8, 4) is 11.8 Å². The SMILES string of the molecule is CC(C)c1cccc(C#CC(N)=O)n1. The fourth-order valence-corrected chi connectivity index (χ4v) is 0.968. The van der Waals surface area contributed by atoms with Crippen molar-refractivity contribution in [2.75, 3.05) is 0 Å². The molecule has 72 valence electrons. The van der Waals surface area contributed by atoms with Gasteiger partial charge in [-0.2, -0.15) is 0 Å². The van der Waals surface area contributed by atoms with Crippen molar-refractivity contribution < 1.29 is 4.79 Å². The monoisotopic (exact) mass is 188 g/mol. The molecule has 1 heterocycles. The number of hydrogen-bond acceptors (Lipinski definition) is 2. The lowest BCUT2D eigenvalue weighted by molar-refractivity contribution is -0.112. The average Bonchev–Trinajstić information content (AvgIpc) is 2.15. The van der Waals surface area contributed by atoms with Crippen LogP contribution in [-0.2, 0) is 4.79 Å². The summed E-state index contributed by atoms with van der Waals surface area (Å²) in [4.78, 5) is 14.7. The lowest BCUT2D eigenvalue weighted by atomic mass is 10.1. The number of primary amides is 1. The van der Waals surface area contributed by atoms with Crippen LogP contribution in [0.25, 0.3) is 0 Å². The standard InChI is InChI=1S/C11H12N2O/c1-8(2)10-5-3-4-9(13-10)6-7-11(12)14/h3-5,8H,1-2H3,(H2,12,14). The highest BCUT2D eigenvalue weighted by molar-refractivity contribution is 5.92. The lowest BCUT2D eigenvalue weighted by Crippen LogP contribution is -2.06. The van der Waals surface area contributed by atoms with Crippen LogP contribution in [0.5, 0.6) is 0 Å². The normalized spacial score (nSPS) is 9.36. The highest BCUT2D eigenvalue weighted by Crippen LogP contribution is 2.10. The van der Waals surface area contributed by atoms with Crippen LogP contribution in [0.1, 0.15) is 31.2 Å². The van der Waals surface area contributed by atoms with Crippen molar-refractivity contribution in [2.24, 2.45) is 5.73 Å². The van der Waals surface area contributed by atoms with Crippen LogP contribution >= 0.6 is 0 Å². The topological polar surface area (TPSA) is 56.0 Å². The second-order valence-corrected chi connectivity index (χ2v) is 3.22. The summed E-state index contributed by atoms with van der Waals surface area (Å²) in [7, 11) is 0. The summed E-state index contributed by atoms with van der Waals surface area (Å²) in [5.74, 6) is 4.57. The first kappa shape index (κ1) is 10.3. The van der Waals surface area contributed by atoms with Gasteiger partial charge in [-0.3, -0.25) is 4.79 Å². The molecule has 0 saturated carbocycles. The largest absolute Gasteiger partial charge is 0.359 e. The van der Waals surface area contributed by atoms with Crippen molar-refractivity contribution in [1.82, 2.24) is 4.98 Å². The third-order valence-electron chi connectivity index (χ3n) is 1.68. The molecule has 0 aliphatic heterocycles. The number of nitrogens with two attached hydrogens (primary N) is 1. The van der Waals surface area contributed by atoms with E-state index in [1.165, 1.54) is 0 Å². The zero-order chi connectivity index (χ0) is 10.6. The second kappa shape index (κ2) is 4.43. The number of pyridine rings is 1. The fourth-order valence-electron chi connectivity index (χ4n) is 0.968. The van der Waals surface area contributed by atoms with E-state index in [4.69, 9.17) is 5.73 Å². The molecule has 1 aromatic rings. The molecule has 1 rings (SSSR count). The van der Waals surface area contributed by atoms with Crippen LogP contribution < -0.4 is 5.73 Å². The summed E-state index contributed by atoms with van der Waals surface area (Å²) in [5, 5.41) is 0. The predicted molar refractivity (Wildman–Crippen MR) is 54.4 cm³/mol. The summed E-state index contributed by atoms with van der Waals surface area (Å²) in [6.45, 7) is 4.10. The van der Waals surface area contributed by atoms with Gasteiger partial charge in [-0.05, 0) is 24.0 Å². The van der Waals surface area contributed by atoms with Crippen LogP contribution in [0, 0.1) is 11.8 Å². The van der Waals surface area contributed by atoms with Gasteiger partial charge in [0, 0.05) is 11.6 Å². The Bertz CT molecular complexity index is 399. The molecule has 1 amide bonds. The van der Waals surface area contributed by atoms with Gasteiger partial charge in [-0.25, -0.2) is 4.98 Å². The maximum absolute atomic E-state index is 10.4. The van der Waals surface area contributed by atoms with Gasteiger partial charge in [0.05, 0.1) is 0 Å². The van der Waals surface area contributed by atoms with Crippen molar-refractivity contribution in [3.05, 3.63) is 29.6 Å². The van der Waals surface area contributed by atoms with E-state index in [1.807, 2.05) is 26.0 Å². The Hall–Kier alpha value is -1.82. The van der Waals surface area contributed by atoms with E-state index in [0.29, 0.717) is 11.6 Å². The first-order chi connectivity index (χ1) is 6.59. The van der Waals surface area contributed by atoms with E-state index in [2.05, 4.69) is 16.8 Å². The van der Waals surface area contributed by atoms with E-state index in [0.717, 1.165) is 5.69 Å². The molecule has 14 heavy (non-hydrogen) atoms. The molecular weight excluding hydrogens is 176 g/mol. The van der Waals surface area contributed by atoms with Gasteiger partial charge in [0.2, 0.25) is 0 Å². The maximum atomic E-state index is 10.4. The number of hydrogen-bond donors (Lipinski definition) is 1. The molecule has 0 fully saturated rings. The number of carbonyl (C=O) groups excluding carboxylic acids is 1. The third-order valence-corrected chi connectivity index (χ3v) is 1.68. The molecule has 0 aromatic carbocycles. The smallest absolute Gasteiger partial charge is 0.293 e. The Morgan fingerprint density at radius 2 is 2.21 bits per heavy atom. The number of aromatic nitrogens is 1. The summed E-state index contributed by atoms with van der Waals surface area (Å²) in [6.07, 6.45) is 0. The fraction of sp³-hybridized carbons (Fsp3) is 0.273. The molecule has 3 nitrogen and oxygen atoms in total. The van der Waals surface area contributed by atoms with Crippen molar-refractivity contribution in [1.29, 1.82) is 0 Å². The van der Waals surface area contributed by atoms with Crippen LogP contribution in [0.3, 0.4) is 0 Å². The van der Waals surface area contributed by atoms with E-state index in [-0.39, 0.29) is 0 Å². The molecule has 0 unspecified atom stereocenters. The van der Waals surface area contributed by atoms with Gasteiger partial charge < -0.3 is 5.73 Å². The van der Waals surface area contributed by atoms with Crippen LogP contribution in [0.2, 0.25) is 0 Å². The zero-order valence-electron chi connectivity index (χ0n) is 8.24. The molecule has 0 aliphatic rings. The molecular formula is C11H12N2O. The molecule has 0 saturated heterocycles. The number of nitrogens with zero attached hydrogens (tertiary/aromatic N) is 1. The summed E-state index contributed by atoms with van der Waals surface area (Å²) < 4.78 is 0. The third kappa shape index (κ3) is 2.91. The summed E-state index contributed by atoms with van der Waals surface area (Å²) >= 11 is 0. The van der Waals surface area contributed by atoms with E-state index in [1.54, 1.807) is 6.07 Å². The summed E-state index contributed by atoms with van der Waals surface area (Å²) in [5.41, 5.74) is 6.44. The molecule has 0 bridgehead atoms. The van der Waals surface area contributed by atoms with Gasteiger partial charge in [0.25, 0.3) is 5.91 Å². The average molecular weight is 188 g/mol. The van der Waals surface area contributed by atoms with Crippen molar-refractivity contribution in [2.45, 2.75) is 19.8 Å². The highest BCUT2D eigenvalue weighted by atomic mass is 16.1. The molecule has 0 atom stereocenters. The zero-order valence-corrected chi connectivity index (χ0v) is 8.24. The number of amides is 1. The Morgan fingerprint density at radius 1 is 1.50 bits per heavy atom. The Kier molecular flexibility index (Phi) is 3.24. The highest BCUT2D eigenvalue weighted by Gasteiger charge is 1.99. The van der Waals surface area contributed by atoms with E-state index < -0.39 is 5.91 Å². The molecule has 0 aliphatic carbocycles. The minimum Gasteiger partial charge on any atom is -0.359 e. The quantitative estimate of drug-likeness (QED) is 0.669. The van der Waals surface area contributed by atoms with Gasteiger partial charge in [-0.1, -0.05) is 19.9 Å². The molecule has 3 heteroatoms. The first-order valence-electron chi connectivity index (χ1n) is 4.38. The lowest BCUT2D eigenvalue weighted by Gasteiger charge is -2.02. The minimum absolute atomic E-state index is 0.352. The van der Waals surface area contributed by atoms with Gasteiger partial charge in [-0.15, -0.1) is 0 Å². The van der Waals surface area contributed by atoms with Crippen molar-refractivity contribution >= 4 is 5.91 Å². The van der Waals surface area contributed by atoms with E-state index in [9.17, 15) is 4.79 Å². The predicted octanol–water partition coefficient (Wildman–Crippen LogP) is 1.04. The molecule has 2 N–H and O–H groups in total. The van der Waals surface area contributed by atoms with Gasteiger partial charge in [0.15, 0.2) is 0 Å². The second-order valence-electron chi connectivity index (χ2n) is 3.22. The van der Waals surface area contributed by atoms with Gasteiger partial charge >= 0.3 is 0 Å². The number of rotatable bonds is 1. The van der Waals surface area contributed by atoms with E-state index >= 15 is 0 Å². The Balaban J connectivity index is 2.96. The number of carbonyl (C=O) groups is 1. The van der Waals surface area contributed by atoms with Crippen LogP contribution in [0.15, 0.2) is 18.2 Å².